The third-order valence-electron chi connectivity index (χ3n) is 4.20. The van der Waals surface area contributed by atoms with E-state index in [4.69, 9.17) is 5.14 Å². The highest BCUT2D eigenvalue weighted by atomic mass is 32.2. The predicted octanol–water partition coefficient (Wildman–Crippen LogP) is 1.71. The number of aromatic nitrogens is 3. The van der Waals surface area contributed by atoms with E-state index < -0.39 is 27.7 Å². The summed E-state index contributed by atoms with van der Waals surface area (Å²) in [5, 5.41) is 8.15. The van der Waals surface area contributed by atoms with E-state index in [1.165, 1.54) is 22.8 Å². The van der Waals surface area contributed by atoms with Crippen molar-refractivity contribution in [2.45, 2.75) is 38.1 Å². The van der Waals surface area contributed by atoms with Crippen LogP contribution >= 0.6 is 11.3 Å². The summed E-state index contributed by atoms with van der Waals surface area (Å²) in [6.07, 6.45) is 0.387. The normalized spacial score (nSPS) is 12.9. The zero-order valence-electron chi connectivity index (χ0n) is 15.5. The number of anilines is 1. The Kier molecular flexibility index (Phi) is 5.33. The van der Waals surface area contributed by atoms with E-state index in [9.17, 15) is 18.0 Å². The number of hydrogen-bond acceptors (Lipinski definition) is 7. The average Bonchev–Trinajstić information content (AvgIpc) is 2.98. The first-order valence-corrected chi connectivity index (χ1v) is 10.8. The summed E-state index contributed by atoms with van der Waals surface area (Å²) < 4.78 is 24.9. The number of carbonyl (C=O) groups excluding carboxylic acids is 1. The van der Waals surface area contributed by atoms with Crippen LogP contribution in [-0.4, -0.2) is 28.9 Å². The first kappa shape index (κ1) is 20.1. The van der Waals surface area contributed by atoms with E-state index in [1.54, 1.807) is 26.8 Å². The van der Waals surface area contributed by atoms with Crippen molar-refractivity contribution in [2.75, 3.05) is 5.32 Å². The molecule has 0 fully saturated rings. The fraction of sp³-hybridized carbons (Fsp3) is 0.294. The highest BCUT2D eigenvalue weighted by Gasteiger charge is 2.23. The first-order valence-electron chi connectivity index (χ1n) is 8.41. The highest BCUT2D eigenvalue weighted by Crippen LogP contribution is 2.28. The maximum atomic E-state index is 12.8. The fourth-order valence-corrected chi connectivity index (χ4v) is 4.47. The van der Waals surface area contributed by atoms with E-state index in [0.717, 1.165) is 11.3 Å². The van der Waals surface area contributed by atoms with Gasteiger partial charge in [-0.3, -0.25) is 9.36 Å². The van der Waals surface area contributed by atoms with Gasteiger partial charge in [0.15, 0.2) is 5.13 Å². The summed E-state index contributed by atoms with van der Waals surface area (Å²) in [6, 6.07) is 5.29. The fourth-order valence-electron chi connectivity index (χ4n) is 2.95. The Labute approximate surface area is 165 Å². The summed E-state index contributed by atoms with van der Waals surface area (Å²) in [6.45, 7) is 5.27. The van der Waals surface area contributed by atoms with Crippen molar-refractivity contribution >= 4 is 42.6 Å². The quantitative estimate of drug-likeness (QED) is 0.643. The van der Waals surface area contributed by atoms with Gasteiger partial charge in [0.1, 0.15) is 6.04 Å². The summed E-state index contributed by atoms with van der Waals surface area (Å²) in [7, 11) is -3.83. The Bertz CT molecular complexity index is 1230. The second-order valence-corrected chi connectivity index (χ2v) is 8.89. The number of nitrogens with zero attached hydrogens (tertiary/aromatic N) is 3. The van der Waals surface area contributed by atoms with Gasteiger partial charge in [0, 0.05) is 11.4 Å². The third kappa shape index (κ3) is 3.96. The minimum Gasteiger partial charge on any atom is -0.300 e. The van der Waals surface area contributed by atoms with Crippen LogP contribution in [0.4, 0.5) is 5.13 Å². The average molecular weight is 422 g/mol. The first-order chi connectivity index (χ1) is 13.1. The lowest BCUT2D eigenvalue weighted by atomic mass is 10.2. The minimum atomic E-state index is -3.83. The standard InChI is InChI=1S/C17H19N5O4S2/c1-4-13(22-10(3)7-9(2)19-17(22)24)15(23)21-16-20-12-6-5-11(28(18,25)26)8-14(12)27-16/h5-8,13H,4H2,1-3H3,(H2,18,25,26)(H,20,21,23). The van der Waals surface area contributed by atoms with Crippen LogP contribution in [0, 0.1) is 13.8 Å². The van der Waals surface area contributed by atoms with Crippen LogP contribution in [0.15, 0.2) is 34.0 Å². The van der Waals surface area contributed by atoms with Crippen LogP contribution in [0.3, 0.4) is 0 Å². The summed E-state index contributed by atoms with van der Waals surface area (Å²) in [4.78, 5) is 33.2. The number of aryl methyl sites for hydroxylation is 2. The number of hydrogen-bond donors (Lipinski definition) is 2. The van der Waals surface area contributed by atoms with Crippen LogP contribution in [0.5, 0.6) is 0 Å². The Morgan fingerprint density at radius 2 is 2.00 bits per heavy atom. The zero-order valence-corrected chi connectivity index (χ0v) is 17.1. The van der Waals surface area contributed by atoms with E-state index in [2.05, 4.69) is 15.3 Å². The molecule has 1 amide bonds. The molecule has 0 spiro atoms. The zero-order chi connectivity index (χ0) is 20.6. The molecule has 0 saturated carbocycles. The lowest BCUT2D eigenvalue weighted by Crippen LogP contribution is -2.36. The van der Waals surface area contributed by atoms with Gasteiger partial charge in [-0.05, 0) is 44.5 Å². The molecule has 28 heavy (non-hydrogen) atoms. The van der Waals surface area contributed by atoms with Crippen molar-refractivity contribution < 1.29 is 13.2 Å². The number of nitrogens with one attached hydrogen (secondary N) is 1. The number of carbonyl (C=O) groups is 1. The van der Waals surface area contributed by atoms with E-state index in [1.807, 2.05) is 0 Å². The SMILES string of the molecule is CCC(C(=O)Nc1nc2ccc(S(N)(=O)=O)cc2s1)n1c(C)cc(C)nc1=O. The number of primary sulfonamides is 1. The summed E-state index contributed by atoms with van der Waals surface area (Å²) in [5.41, 5.74) is 1.28. The van der Waals surface area contributed by atoms with E-state index in [0.29, 0.717) is 33.2 Å². The van der Waals surface area contributed by atoms with Crippen molar-refractivity contribution in [1.29, 1.82) is 0 Å². The number of thiazole rings is 1. The van der Waals surface area contributed by atoms with Crippen molar-refractivity contribution in [3.63, 3.8) is 0 Å². The maximum absolute atomic E-state index is 12.8. The summed E-state index contributed by atoms with van der Waals surface area (Å²) in [5.74, 6) is -0.399. The number of amides is 1. The molecule has 0 saturated heterocycles. The molecule has 1 unspecified atom stereocenters. The number of fused-ring (bicyclic) bond motifs is 1. The molecule has 0 aliphatic rings. The predicted molar refractivity (Wildman–Crippen MR) is 107 cm³/mol. The molecule has 1 aromatic carbocycles. The van der Waals surface area contributed by atoms with Crippen LogP contribution in [-0.2, 0) is 14.8 Å². The van der Waals surface area contributed by atoms with Gasteiger partial charge in [-0.1, -0.05) is 18.3 Å². The molecule has 0 radical (unpaired) electrons. The molecular weight excluding hydrogens is 402 g/mol. The van der Waals surface area contributed by atoms with Crippen molar-refractivity contribution in [1.82, 2.24) is 14.5 Å². The Morgan fingerprint density at radius 3 is 2.61 bits per heavy atom. The number of rotatable bonds is 5. The van der Waals surface area contributed by atoms with Crippen LogP contribution in [0.2, 0.25) is 0 Å². The Morgan fingerprint density at radius 1 is 1.29 bits per heavy atom. The molecule has 148 valence electrons. The monoisotopic (exact) mass is 421 g/mol. The largest absolute Gasteiger partial charge is 0.348 e. The Balaban J connectivity index is 1.92. The van der Waals surface area contributed by atoms with Gasteiger partial charge in [0.05, 0.1) is 15.1 Å². The molecular formula is C17H19N5O4S2. The maximum Gasteiger partial charge on any atom is 0.348 e. The van der Waals surface area contributed by atoms with Gasteiger partial charge in [-0.25, -0.2) is 23.3 Å². The highest BCUT2D eigenvalue weighted by molar-refractivity contribution is 7.89. The van der Waals surface area contributed by atoms with Gasteiger partial charge < -0.3 is 5.32 Å². The molecule has 0 bridgehead atoms. The van der Waals surface area contributed by atoms with Crippen LogP contribution in [0.25, 0.3) is 10.2 Å². The molecule has 9 nitrogen and oxygen atoms in total. The van der Waals surface area contributed by atoms with Gasteiger partial charge in [0.2, 0.25) is 15.9 Å². The molecule has 3 aromatic rings. The molecule has 3 N–H and O–H groups in total. The van der Waals surface area contributed by atoms with Crippen molar-refractivity contribution in [3.05, 3.63) is 46.1 Å². The molecule has 1 atom stereocenters. The second-order valence-electron chi connectivity index (χ2n) is 6.30. The van der Waals surface area contributed by atoms with Crippen LogP contribution < -0.4 is 16.1 Å². The molecule has 2 aromatic heterocycles. The van der Waals surface area contributed by atoms with Gasteiger partial charge >= 0.3 is 5.69 Å². The molecule has 0 aliphatic carbocycles. The van der Waals surface area contributed by atoms with Gasteiger partial charge in [-0.2, -0.15) is 4.98 Å². The molecule has 2 heterocycles. The van der Waals surface area contributed by atoms with Crippen molar-refractivity contribution in [3.8, 4) is 0 Å². The number of nitrogens with two attached hydrogens (primary N) is 1. The second kappa shape index (κ2) is 7.41. The molecule has 11 heteroatoms. The van der Waals surface area contributed by atoms with E-state index >= 15 is 0 Å². The van der Waals surface area contributed by atoms with Gasteiger partial charge in [0.25, 0.3) is 0 Å². The molecule has 0 aliphatic heterocycles. The minimum absolute atomic E-state index is 0.0270. The lowest BCUT2D eigenvalue weighted by Gasteiger charge is -2.19. The molecule has 3 rings (SSSR count). The third-order valence-corrected chi connectivity index (χ3v) is 6.04. The van der Waals surface area contributed by atoms with Crippen LogP contribution in [0.1, 0.15) is 30.8 Å². The van der Waals surface area contributed by atoms with Crippen molar-refractivity contribution in [2.24, 2.45) is 5.14 Å². The number of sulfonamides is 1. The van der Waals surface area contributed by atoms with E-state index in [-0.39, 0.29) is 4.90 Å². The number of benzene rings is 1. The smallest absolute Gasteiger partial charge is 0.300 e. The Hall–Kier alpha value is -2.63. The lowest BCUT2D eigenvalue weighted by molar-refractivity contribution is -0.119. The summed E-state index contributed by atoms with van der Waals surface area (Å²) >= 11 is 1.12. The van der Waals surface area contributed by atoms with Gasteiger partial charge in [-0.15, -0.1) is 0 Å². The topological polar surface area (TPSA) is 137 Å².